The monoisotopic (exact) mass is 352 g/mol. The molecule has 0 atom stereocenters. The van der Waals surface area contributed by atoms with Gasteiger partial charge < -0.3 is 9.47 Å². The Morgan fingerprint density at radius 2 is 2.30 bits per heavy atom. The molecule has 0 fully saturated rings. The molecular formula is C16H17ClN2O3S. The fourth-order valence-electron chi connectivity index (χ4n) is 1.78. The van der Waals surface area contributed by atoms with E-state index in [2.05, 4.69) is 10.3 Å². The molecule has 0 saturated carbocycles. The van der Waals surface area contributed by atoms with E-state index in [0.717, 1.165) is 12.0 Å². The van der Waals surface area contributed by atoms with Gasteiger partial charge in [-0.1, -0.05) is 18.5 Å². The normalized spacial score (nSPS) is 10.7. The van der Waals surface area contributed by atoms with Crippen molar-refractivity contribution in [3.8, 4) is 11.5 Å². The Bertz CT molecular complexity index is 687. The van der Waals surface area contributed by atoms with Gasteiger partial charge >= 0.3 is 0 Å². The molecule has 5 nitrogen and oxygen atoms in total. The standard InChI is InChI=1S/C16H17ClN2O3S/c1-3-7-22-15-12(17)9-11(10-13(15)21-2)4-5-14(20)19-16-18-6-8-23-16/h4-6,8-10H,3,7H2,1-2H3,(H,18,19,20)/b5-4+. The van der Waals surface area contributed by atoms with E-state index < -0.39 is 0 Å². The second kappa shape index (κ2) is 8.55. The van der Waals surface area contributed by atoms with Gasteiger partial charge in [-0.3, -0.25) is 10.1 Å². The summed E-state index contributed by atoms with van der Waals surface area (Å²) in [4.78, 5) is 15.8. The topological polar surface area (TPSA) is 60.5 Å². The summed E-state index contributed by atoms with van der Waals surface area (Å²) in [6, 6.07) is 3.49. The number of amides is 1. The second-order valence-corrected chi connectivity index (χ2v) is 5.84. The fraction of sp³-hybridized carbons (Fsp3) is 0.250. The molecule has 122 valence electrons. The van der Waals surface area contributed by atoms with Crippen molar-refractivity contribution < 1.29 is 14.3 Å². The number of anilines is 1. The number of methoxy groups -OCH3 is 1. The minimum absolute atomic E-state index is 0.263. The zero-order valence-corrected chi connectivity index (χ0v) is 14.4. The maximum absolute atomic E-state index is 11.8. The van der Waals surface area contributed by atoms with Crippen molar-refractivity contribution in [1.82, 2.24) is 4.98 Å². The smallest absolute Gasteiger partial charge is 0.250 e. The molecule has 0 saturated heterocycles. The van der Waals surface area contributed by atoms with Crippen molar-refractivity contribution in [2.24, 2.45) is 0 Å². The van der Waals surface area contributed by atoms with Crippen LogP contribution in [0.4, 0.5) is 5.13 Å². The Hall–Kier alpha value is -2.05. The van der Waals surface area contributed by atoms with Crippen molar-refractivity contribution in [3.05, 3.63) is 40.4 Å². The van der Waals surface area contributed by atoms with Gasteiger partial charge in [-0.25, -0.2) is 4.98 Å². The molecule has 2 aromatic rings. The highest BCUT2D eigenvalue weighted by Gasteiger charge is 2.11. The Kier molecular flexibility index (Phi) is 6.43. The molecule has 1 aromatic heterocycles. The van der Waals surface area contributed by atoms with Crippen molar-refractivity contribution in [2.75, 3.05) is 19.0 Å². The zero-order valence-electron chi connectivity index (χ0n) is 12.8. The molecule has 0 spiro atoms. The lowest BCUT2D eigenvalue weighted by molar-refractivity contribution is -0.111. The first kappa shape index (κ1) is 17.3. The molecule has 7 heteroatoms. The number of benzene rings is 1. The molecule has 0 unspecified atom stereocenters. The van der Waals surface area contributed by atoms with Crippen LogP contribution in [0.3, 0.4) is 0 Å². The van der Waals surface area contributed by atoms with Crippen LogP contribution >= 0.6 is 22.9 Å². The van der Waals surface area contributed by atoms with Gasteiger partial charge in [0.25, 0.3) is 0 Å². The van der Waals surface area contributed by atoms with E-state index in [1.54, 1.807) is 36.9 Å². The molecule has 0 bridgehead atoms. The number of hydrogen-bond donors (Lipinski definition) is 1. The molecule has 1 amide bonds. The van der Waals surface area contributed by atoms with Gasteiger partial charge in [0.15, 0.2) is 16.6 Å². The van der Waals surface area contributed by atoms with Gasteiger partial charge in [-0.05, 0) is 30.2 Å². The van der Waals surface area contributed by atoms with E-state index in [1.165, 1.54) is 17.4 Å². The number of hydrogen-bond acceptors (Lipinski definition) is 5. The number of nitrogens with one attached hydrogen (secondary N) is 1. The molecule has 0 aliphatic carbocycles. The lowest BCUT2D eigenvalue weighted by atomic mass is 10.2. The molecule has 1 heterocycles. The Balaban J connectivity index is 2.11. The third-order valence-corrected chi connectivity index (χ3v) is 3.76. The highest BCUT2D eigenvalue weighted by molar-refractivity contribution is 7.13. The highest BCUT2D eigenvalue weighted by Crippen LogP contribution is 2.36. The van der Waals surface area contributed by atoms with Crippen molar-refractivity contribution >= 4 is 40.1 Å². The van der Waals surface area contributed by atoms with Crippen LogP contribution in [0.25, 0.3) is 6.08 Å². The summed E-state index contributed by atoms with van der Waals surface area (Å²) in [5.41, 5.74) is 0.741. The van der Waals surface area contributed by atoms with Gasteiger partial charge in [-0.15, -0.1) is 11.3 Å². The molecule has 1 aromatic carbocycles. The Morgan fingerprint density at radius 3 is 2.96 bits per heavy atom. The maximum atomic E-state index is 11.8. The van der Waals surface area contributed by atoms with Gasteiger partial charge in [0.1, 0.15) is 0 Å². The van der Waals surface area contributed by atoms with Crippen molar-refractivity contribution in [1.29, 1.82) is 0 Å². The maximum Gasteiger partial charge on any atom is 0.250 e. The number of rotatable bonds is 7. The van der Waals surface area contributed by atoms with Crippen LogP contribution < -0.4 is 14.8 Å². The van der Waals surface area contributed by atoms with Crippen LogP contribution in [0.15, 0.2) is 29.8 Å². The largest absolute Gasteiger partial charge is 0.493 e. The minimum atomic E-state index is -0.263. The quantitative estimate of drug-likeness (QED) is 0.757. The third kappa shape index (κ3) is 4.97. The van der Waals surface area contributed by atoms with Gasteiger partial charge in [-0.2, -0.15) is 0 Å². The summed E-state index contributed by atoms with van der Waals surface area (Å²) in [6.45, 7) is 2.57. The summed E-state index contributed by atoms with van der Waals surface area (Å²) in [7, 11) is 1.55. The number of aromatic nitrogens is 1. The SMILES string of the molecule is CCCOc1c(Cl)cc(/C=C/C(=O)Nc2nccs2)cc1OC. The summed E-state index contributed by atoms with van der Waals surface area (Å²) >= 11 is 7.59. The van der Waals surface area contributed by atoms with E-state index in [9.17, 15) is 4.79 Å². The molecule has 0 aliphatic rings. The average molecular weight is 353 g/mol. The van der Waals surface area contributed by atoms with E-state index >= 15 is 0 Å². The molecule has 1 N–H and O–H groups in total. The van der Waals surface area contributed by atoms with Gasteiger partial charge in [0.2, 0.25) is 5.91 Å². The minimum Gasteiger partial charge on any atom is -0.493 e. The number of carbonyl (C=O) groups is 1. The molecule has 2 rings (SSSR count). The van der Waals surface area contributed by atoms with Gasteiger partial charge in [0.05, 0.1) is 18.7 Å². The van der Waals surface area contributed by atoms with Crippen LogP contribution in [0.5, 0.6) is 11.5 Å². The molecule has 23 heavy (non-hydrogen) atoms. The van der Waals surface area contributed by atoms with E-state index in [1.807, 2.05) is 6.92 Å². The van der Waals surface area contributed by atoms with E-state index in [4.69, 9.17) is 21.1 Å². The number of ether oxygens (including phenoxy) is 2. The summed E-state index contributed by atoms with van der Waals surface area (Å²) in [6.07, 6.45) is 5.57. The summed E-state index contributed by atoms with van der Waals surface area (Å²) < 4.78 is 10.9. The molecule has 0 radical (unpaired) electrons. The predicted octanol–water partition coefficient (Wildman–Crippen LogP) is 4.25. The first-order valence-corrected chi connectivity index (χ1v) is 8.28. The number of nitrogens with zero attached hydrogens (tertiary/aromatic N) is 1. The zero-order chi connectivity index (χ0) is 16.7. The van der Waals surface area contributed by atoms with Crippen LogP contribution in [-0.4, -0.2) is 24.6 Å². The fourth-order valence-corrected chi connectivity index (χ4v) is 2.59. The van der Waals surface area contributed by atoms with E-state index in [0.29, 0.717) is 28.3 Å². The van der Waals surface area contributed by atoms with Gasteiger partial charge in [0, 0.05) is 17.7 Å². The first-order valence-electron chi connectivity index (χ1n) is 7.03. The van der Waals surface area contributed by atoms with Crippen LogP contribution in [0, 0.1) is 0 Å². The number of thiazole rings is 1. The predicted molar refractivity (Wildman–Crippen MR) is 93.6 cm³/mol. The summed E-state index contributed by atoms with van der Waals surface area (Å²) in [5.74, 6) is 0.785. The van der Waals surface area contributed by atoms with Crippen LogP contribution in [0.2, 0.25) is 5.02 Å². The number of carbonyl (C=O) groups excluding carboxylic acids is 1. The molecule has 0 aliphatic heterocycles. The summed E-state index contributed by atoms with van der Waals surface area (Å²) in [5, 5.41) is 5.45. The lowest BCUT2D eigenvalue weighted by Gasteiger charge is -2.12. The number of halogens is 1. The van der Waals surface area contributed by atoms with Crippen molar-refractivity contribution in [2.45, 2.75) is 13.3 Å². The Labute approximate surface area is 143 Å². The van der Waals surface area contributed by atoms with Crippen LogP contribution in [-0.2, 0) is 4.79 Å². The van der Waals surface area contributed by atoms with Crippen LogP contribution in [0.1, 0.15) is 18.9 Å². The lowest BCUT2D eigenvalue weighted by Crippen LogP contribution is -2.07. The molecular weight excluding hydrogens is 336 g/mol. The average Bonchev–Trinajstić information content (AvgIpc) is 3.04. The first-order chi connectivity index (χ1) is 11.1. The van der Waals surface area contributed by atoms with E-state index in [-0.39, 0.29) is 5.91 Å². The second-order valence-electron chi connectivity index (χ2n) is 4.54. The third-order valence-electron chi connectivity index (χ3n) is 2.79. The van der Waals surface area contributed by atoms with Crippen molar-refractivity contribution in [3.63, 3.8) is 0 Å². The Morgan fingerprint density at radius 1 is 1.48 bits per heavy atom. The highest BCUT2D eigenvalue weighted by atomic mass is 35.5.